The molecule has 4 rings (SSSR count). The molecule has 3 heterocycles. The molecule has 0 spiro atoms. The molecular formula is C20H31N5O3. The maximum Gasteiger partial charge on any atom is 0.272 e. The number of morpholine rings is 1. The lowest BCUT2D eigenvalue weighted by Crippen LogP contribution is -2.50. The number of carbonyl (C=O) groups excluding carboxylic acids is 2. The van der Waals surface area contributed by atoms with Gasteiger partial charge in [0.15, 0.2) is 5.69 Å². The lowest BCUT2D eigenvalue weighted by atomic mass is 10.0. The highest BCUT2D eigenvalue weighted by molar-refractivity contribution is 5.94. The van der Waals surface area contributed by atoms with Gasteiger partial charge in [-0.2, -0.15) is 5.10 Å². The van der Waals surface area contributed by atoms with E-state index >= 15 is 0 Å². The number of hydrogen-bond donors (Lipinski definition) is 2. The Bertz CT molecular complexity index is 738. The normalized spacial score (nSPS) is 30.9. The van der Waals surface area contributed by atoms with Crippen molar-refractivity contribution in [3.05, 3.63) is 17.0 Å². The van der Waals surface area contributed by atoms with Gasteiger partial charge in [-0.15, -0.1) is 0 Å². The van der Waals surface area contributed by atoms with Crippen molar-refractivity contribution in [1.29, 1.82) is 0 Å². The second-order valence-electron chi connectivity index (χ2n) is 8.70. The van der Waals surface area contributed by atoms with Crippen molar-refractivity contribution < 1.29 is 14.3 Å². The fourth-order valence-electron chi connectivity index (χ4n) is 4.82. The molecule has 0 bridgehead atoms. The Hall–Kier alpha value is -1.93. The number of amides is 2. The molecule has 1 saturated heterocycles. The van der Waals surface area contributed by atoms with Crippen molar-refractivity contribution in [2.45, 2.75) is 64.3 Å². The molecule has 154 valence electrons. The van der Waals surface area contributed by atoms with Gasteiger partial charge in [-0.05, 0) is 40.2 Å². The van der Waals surface area contributed by atoms with Gasteiger partial charge in [0.1, 0.15) is 0 Å². The van der Waals surface area contributed by atoms with Crippen LogP contribution in [0.5, 0.6) is 0 Å². The summed E-state index contributed by atoms with van der Waals surface area (Å²) in [6.45, 7) is 7.05. The third-order valence-corrected chi connectivity index (χ3v) is 6.19. The fourth-order valence-corrected chi connectivity index (χ4v) is 4.82. The third-order valence-electron chi connectivity index (χ3n) is 6.19. The number of likely N-dealkylation sites (N-methyl/N-ethyl adjacent to an activating group) is 1. The van der Waals surface area contributed by atoms with Crippen molar-refractivity contribution >= 4 is 11.8 Å². The molecular weight excluding hydrogens is 358 g/mol. The van der Waals surface area contributed by atoms with E-state index in [0.717, 1.165) is 43.6 Å². The van der Waals surface area contributed by atoms with Crippen molar-refractivity contribution in [3.8, 4) is 0 Å². The van der Waals surface area contributed by atoms with Crippen molar-refractivity contribution in [2.75, 3.05) is 26.7 Å². The topological polar surface area (TPSA) is 90.6 Å². The number of fused-ring (bicyclic) bond motifs is 1. The lowest BCUT2D eigenvalue weighted by molar-refractivity contribution is -0.147. The Labute approximate surface area is 166 Å². The van der Waals surface area contributed by atoms with Crippen LogP contribution in [0, 0.1) is 5.92 Å². The maximum atomic E-state index is 12.9. The molecule has 8 heteroatoms. The van der Waals surface area contributed by atoms with Crippen molar-refractivity contribution in [2.24, 2.45) is 5.92 Å². The van der Waals surface area contributed by atoms with Crippen LogP contribution in [0.15, 0.2) is 0 Å². The molecule has 2 amide bonds. The zero-order chi connectivity index (χ0) is 19.8. The molecule has 3 aliphatic rings. The first-order chi connectivity index (χ1) is 13.4. The van der Waals surface area contributed by atoms with Gasteiger partial charge in [-0.1, -0.05) is 0 Å². The Morgan fingerprint density at radius 1 is 1.21 bits per heavy atom. The van der Waals surface area contributed by atoms with Crippen LogP contribution in [0.25, 0.3) is 0 Å². The van der Waals surface area contributed by atoms with E-state index in [0.29, 0.717) is 25.2 Å². The van der Waals surface area contributed by atoms with Crippen LogP contribution in [0.1, 0.15) is 54.9 Å². The minimum atomic E-state index is -0.125. The number of aromatic nitrogens is 2. The van der Waals surface area contributed by atoms with Gasteiger partial charge in [-0.25, -0.2) is 0 Å². The van der Waals surface area contributed by atoms with Gasteiger partial charge in [-0.3, -0.25) is 14.7 Å². The molecule has 1 aliphatic carbocycles. The van der Waals surface area contributed by atoms with Crippen molar-refractivity contribution in [1.82, 2.24) is 25.3 Å². The molecule has 8 nitrogen and oxygen atoms in total. The van der Waals surface area contributed by atoms with E-state index in [1.54, 1.807) is 0 Å². The highest BCUT2D eigenvalue weighted by Crippen LogP contribution is 2.29. The van der Waals surface area contributed by atoms with Crippen LogP contribution in [0.2, 0.25) is 0 Å². The molecule has 28 heavy (non-hydrogen) atoms. The number of carbonyl (C=O) groups is 2. The standard InChI is InChI=1S/C20H31N5O3/c1-12-9-25(10-13(2)28-12)20(27)14-4-5-15(8-14)21-19(26)18-16-11-24(3)7-6-17(16)22-23-18/h12-15H,4-11H2,1-3H3,(H,21,26)(H,22,23)/t12-,13+,14-,15+/m0/s1. The fraction of sp³-hybridized carbons (Fsp3) is 0.750. The summed E-state index contributed by atoms with van der Waals surface area (Å²) in [6, 6.07) is 0.0333. The molecule has 2 fully saturated rings. The van der Waals surface area contributed by atoms with E-state index in [1.165, 1.54) is 0 Å². The Kier molecular flexibility index (Phi) is 5.42. The van der Waals surface area contributed by atoms with Gasteiger partial charge in [0.05, 0.1) is 12.2 Å². The summed E-state index contributed by atoms with van der Waals surface area (Å²) in [6.07, 6.45) is 3.41. The average Bonchev–Trinajstić information content (AvgIpc) is 3.26. The number of ether oxygens (including phenoxy) is 1. The largest absolute Gasteiger partial charge is 0.372 e. The number of nitrogens with zero attached hydrogens (tertiary/aromatic N) is 3. The number of nitrogens with one attached hydrogen (secondary N) is 2. The maximum absolute atomic E-state index is 12.9. The molecule has 1 saturated carbocycles. The zero-order valence-electron chi connectivity index (χ0n) is 17.0. The minimum Gasteiger partial charge on any atom is -0.372 e. The van der Waals surface area contributed by atoms with E-state index in [1.807, 2.05) is 18.7 Å². The molecule has 1 aromatic rings. The van der Waals surface area contributed by atoms with E-state index in [-0.39, 0.29) is 36.0 Å². The smallest absolute Gasteiger partial charge is 0.272 e. The van der Waals surface area contributed by atoms with Gasteiger partial charge >= 0.3 is 0 Å². The van der Waals surface area contributed by atoms with Crippen LogP contribution in [0.4, 0.5) is 0 Å². The highest BCUT2D eigenvalue weighted by atomic mass is 16.5. The average molecular weight is 390 g/mol. The summed E-state index contributed by atoms with van der Waals surface area (Å²) >= 11 is 0. The molecule has 0 radical (unpaired) electrons. The summed E-state index contributed by atoms with van der Waals surface area (Å²) in [5.41, 5.74) is 2.58. The van der Waals surface area contributed by atoms with Gasteiger partial charge in [0.25, 0.3) is 5.91 Å². The van der Waals surface area contributed by atoms with E-state index in [4.69, 9.17) is 4.74 Å². The van der Waals surface area contributed by atoms with Crippen LogP contribution in [-0.2, 0) is 22.5 Å². The first kappa shape index (κ1) is 19.4. The van der Waals surface area contributed by atoms with E-state index in [2.05, 4.69) is 27.5 Å². The minimum absolute atomic E-state index is 0.0120. The van der Waals surface area contributed by atoms with Gasteiger partial charge < -0.3 is 19.9 Å². The number of hydrogen-bond acceptors (Lipinski definition) is 5. The SMILES string of the molecule is C[C@@H]1CN(C(=O)[C@H]2CC[C@@H](NC(=O)c3n[nH]c4c3CN(C)CC4)C2)C[C@H](C)O1. The molecule has 4 atom stereocenters. The summed E-state index contributed by atoms with van der Waals surface area (Å²) in [7, 11) is 2.05. The number of H-pyrrole nitrogens is 1. The monoisotopic (exact) mass is 389 g/mol. The van der Waals surface area contributed by atoms with Gasteiger partial charge in [0, 0.05) is 55.8 Å². The molecule has 2 N–H and O–H groups in total. The lowest BCUT2D eigenvalue weighted by Gasteiger charge is -2.36. The molecule has 0 aromatic carbocycles. The summed E-state index contributed by atoms with van der Waals surface area (Å²) in [4.78, 5) is 29.8. The highest BCUT2D eigenvalue weighted by Gasteiger charge is 2.36. The zero-order valence-corrected chi connectivity index (χ0v) is 17.0. The van der Waals surface area contributed by atoms with Crippen LogP contribution in [0.3, 0.4) is 0 Å². The Balaban J connectivity index is 1.34. The first-order valence-electron chi connectivity index (χ1n) is 10.4. The second-order valence-corrected chi connectivity index (χ2v) is 8.70. The predicted octanol–water partition coefficient (Wildman–Crippen LogP) is 0.932. The Morgan fingerprint density at radius 2 is 1.96 bits per heavy atom. The summed E-state index contributed by atoms with van der Waals surface area (Å²) in [5.74, 6) is 0.0686. The molecule has 0 unspecified atom stereocenters. The summed E-state index contributed by atoms with van der Waals surface area (Å²) in [5, 5.41) is 10.4. The second kappa shape index (κ2) is 7.83. The first-order valence-corrected chi connectivity index (χ1v) is 10.4. The summed E-state index contributed by atoms with van der Waals surface area (Å²) < 4.78 is 5.73. The molecule has 1 aromatic heterocycles. The molecule has 2 aliphatic heterocycles. The number of aromatic amines is 1. The number of rotatable bonds is 3. The van der Waals surface area contributed by atoms with E-state index < -0.39 is 0 Å². The van der Waals surface area contributed by atoms with Crippen LogP contribution < -0.4 is 5.32 Å². The predicted molar refractivity (Wildman–Crippen MR) is 104 cm³/mol. The van der Waals surface area contributed by atoms with E-state index in [9.17, 15) is 9.59 Å². The van der Waals surface area contributed by atoms with Crippen LogP contribution in [-0.4, -0.2) is 76.7 Å². The van der Waals surface area contributed by atoms with Crippen LogP contribution >= 0.6 is 0 Å². The van der Waals surface area contributed by atoms with Crippen molar-refractivity contribution in [3.63, 3.8) is 0 Å². The Morgan fingerprint density at radius 3 is 2.71 bits per heavy atom. The van der Waals surface area contributed by atoms with Gasteiger partial charge in [0.2, 0.25) is 5.91 Å². The quantitative estimate of drug-likeness (QED) is 0.803. The third kappa shape index (κ3) is 3.93.